The molecule has 24 heavy (non-hydrogen) atoms. The Hall–Kier alpha value is -2.95. The molecule has 0 saturated carbocycles. The zero-order valence-electron chi connectivity index (χ0n) is 13.1. The zero-order chi connectivity index (χ0) is 16.4. The summed E-state index contributed by atoms with van der Waals surface area (Å²) in [6.45, 7) is 0.716. The van der Waals surface area contributed by atoms with Gasteiger partial charge >= 0.3 is 0 Å². The quantitative estimate of drug-likeness (QED) is 0.738. The van der Waals surface area contributed by atoms with E-state index >= 15 is 0 Å². The average Bonchev–Trinajstić information content (AvgIpc) is 3.32. The van der Waals surface area contributed by atoms with Gasteiger partial charge in [0.2, 0.25) is 0 Å². The third-order valence-electron chi connectivity index (χ3n) is 4.33. The van der Waals surface area contributed by atoms with E-state index in [1.807, 2.05) is 53.4 Å². The van der Waals surface area contributed by atoms with Crippen LogP contribution in [0.5, 0.6) is 0 Å². The maximum atomic E-state index is 12.9. The standard InChI is InChI=1S/C19H17N3O2/c23-19(16-13-18(24-21-16)14-7-2-1-3-8-14)22-12-6-10-17(22)15-9-4-5-11-20-15/h1-5,7-9,11,13,17H,6,10,12H2/t17-/m1/s1. The first-order valence-corrected chi connectivity index (χ1v) is 8.07. The highest BCUT2D eigenvalue weighted by Gasteiger charge is 2.32. The van der Waals surface area contributed by atoms with Gasteiger partial charge < -0.3 is 9.42 Å². The smallest absolute Gasteiger partial charge is 0.276 e. The Morgan fingerprint density at radius 1 is 1.12 bits per heavy atom. The molecule has 0 N–H and O–H groups in total. The normalized spacial score (nSPS) is 17.2. The van der Waals surface area contributed by atoms with E-state index in [0.29, 0.717) is 18.0 Å². The van der Waals surface area contributed by atoms with Crippen molar-refractivity contribution in [2.24, 2.45) is 0 Å². The van der Waals surface area contributed by atoms with E-state index in [2.05, 4.69) is 10.1 Å². The highest BCUT2D eigenvalue weighted by molar-refractivity contribution is 5.93. The molecule has 5 heteroatoms. The first-order chi connectivity index (χ1) is 11.8. The molecule has 4 rings (SSSR count). The monoisotopic (exact) mass is 319 g/mol. The van der Waals surface area contributed by atoms with Crippen LogP contribution >= 0.6 is 0 Å². The molecule has 0 aliphatic carbocycles. The molecule has 3 aromatic rings. The first-order valence-electron chi connectivity index (χ1n) is 8.07. The number of hydrogen-bond acceptors (Lipinski definition) is 4. The lowest BCUT2D eigenvalue weighted by molar-refractivity contribution is 0.0722. The molecule has 0 unspecified atom stereocenters. The summed E-state index contributed by atoms with van der Waals surface area (Å²) < 4.78 is 5.36. The van der Waals surface area contributed by atoms with Crippen molar-refractivity contribution in [1.29, 1.82) is 0 Å². The van der Waals surface area contributed by atoms with Crippen LogP contribution in [0.4, 0.5) is 0 Å². The number of nitrogens with zero attached hydrogens (tertiary/aromatic N) is 3. The summed E-state index contributed by atoms with van der Waals surface area (Å²) in [7, 11) is 0. The van der Waals surface area contributed by atoms with Crippen molar-refractivity contribution in [3.63, 3.8) is 0 Å². The lowest BCUT2D eigenvalue weighted by atomic mass is 10.1. The largest absolute Gasteiger partial charge is 0.355 e. The second kappa shape index (κ2) is 6.28. The first kappa shape index (κ1) is 14.6. The number of amides is 1. The molecule has 1 fully saturated rings. The van der Waals surface area contributed by atoms with Crippen molar-refractivity contribution in [3.8, 4) is 11.3 Å². The maximum absolute atomic E-state index is 12.9. The summed E-state index contributed by atoms with van der Waals surface area (Å²) in [6, 6.07) is 17.2. The SMILES string of the molecule is O=C(c1cc(-c2ccccc2)on1)N1CCC[C@@H]1c1ccccn1. The highest BCUT2D eigenvalue weighted by Crippen LogP contribution is 2.32. The number of aromatic nitrogens is 2. The van der Waals surface area contributed by atoms with Crippen LogP contribution in [0.2, 0.25) is 0 Å². The van der Waals surface area contributed by atoms with Gasteiger partial charge in [-0.2, -0.15) is 0 Å². The van der Waals surface area contributed by atoms with Gasteiger partial charge in [-0.1, -0.05) is 41.6 Å². The van der Waals surface area contributed by atoms with Crippen molar-refractivity contribution >= 4 is 5.91 Å². The van der Waals surface area contributed by atoms with Crippen LogP contribution in [0.3, 0.4) is 0 Å². The second-order valence-corrected chi connectivity index (χ2v) is 5.85. The number of likely N-dealkylation sites (tertiary alicyclic amines) is 1. The number of rotatable bonds is 3. The van der Waals surface area contributed by atoms with E-state index in [4.69, 9.17) is 4.52 Å². The lowest BCUT2D eigenvalue weighted by Crippen LogP contribution is -2.31. The van der Waals surface area contributed by atoms with Gasteiger partial charge in [0.1, 0.15) is 0 Å². The Labute approximate surface area is 139 Å². The molecule has 120 valence electrons. The molecule has 1 saturated heterocycles. The number of pyridine rings is 1. The Morgan fingerprint density at radius 2 is 1.96 bits per heavy atom. The zero-order valence-corrected chi connectivity index (χ0v) is 13.1. The summed E-state index contributed by atoms with van der Waals surface area (Å²) in [6.07, 6.45) is 3.66. The van der Waals surface area contributed by atoms with Crippen LogP contribution in [0.15, 0.2) is 65.3 Å². The molecule has 1 aliphatic rings. The molecule has 1 amide bonds. The fourth-order valence-electron chi connectivity index (χ4n) is 3.15. The lowest BCUT2D eigenvalue weighted by Gasteiger charge is -2.23. The van der Waals surface area contributed by atoms with Gasteiger partial charge in [-0.25, -0.2) is 0 Å². The van der Waals surface area contributed by atoms with Crippen molar-refractivity contribution in [1.82, 2.24) is 15.0 Å². The van der Waals surface area contributed by atoms with Gasteiger partial charge in [-0.3, -0.25) is 9.78 Å². The molecular weight excluding hydrogens is 302 g/mol. The fraction of sp³-hybridized carbons (Fsp3) is 0.211. The van der Waals surface area contributed by atoms with Gasteiger partial charge in [0.15, 0.2) is 11.5 Å². The molecule has 1 aliphatic heterocycles. The van der Waals surface area contributed by atoms with E-state index in [-0.39, 0.29) is 11.9 Å². The Morgan fingerprint density at radius 3 is 2.75 bits per heavy atom. The van der Waals surface area contributed by atoms with E-state index in [9.17, 15) is 4.79 Å². The van der Waals surface area contributed by atoms with Gasteiger partial charge in [0.05, 0.1) is 11.7 Å². The van der Waals surface area contributed by atoms with Crippen molar-refractivity contribution in [3.05, 3.63) is 72.2 Å². The number of hydrogen-bond donors (Lipinski definition) is 0. The highest BCUT2D eigenvalue weighted by atomic mass is 16.5. The molecule has 0 radical (unpaired) electrons. The summed E-state index contributed by atoms with van der Waals surface area (Å²) in [5.41, 5.74) is 2.18. The van der Waals surface area contributed by atoms with E-state index < -0.39 is 0 Å². The van der Waals surface area contributed by atoms with Crippen molar-refractivity contribution < 1.29 is 9.32 Å². The Kier molecular flexibility index (Phi) is 3.83. The van der Waals surface area contributed by atoms with E-state index in [1.165, 1.54) is 0 Å². The van der Waals surface area contributed by atoms with Gasteiger partial charge in [-0.15, -0.1) is 0 Å². The molecule has 0 spiro atoms. The van der Waals surface area contributed by atoms with Crippen LogP contribution in [0, 0.1) is 0 Å². The summed E-state index contributed by atoms with van der Waals surface area (Å²) >= 11 is 0. The number of carbonyl (C=O) groups excluding carboxylic acids is 1. The van der Waals surface area contributed by atoms with Crippen LogP contribution in [0.1, 0.15) is 35.1 Å². The van der Waals surface area contributed by atoms with E-state index in [1.54, 1.807) is 12.3 Å². The fourth-order valence-corrected chi connectivity index (χ4v) is 3.15. The Bertz CT molecular complexity index is 830. The third-order valence-corrected chi connectivity index (χ3v) is 4.33. The maximum Gasteiger partial charge on any atom is 0.276 e. The van der Waals surface area contributed by atoms with Crippen molar-refractivity contribution in [2.75, 3.05) is 6.54 Å². The summed E-state index contributed by atoms with van der Waals surface area (Å²) in [4.78, 5) is 19.1. The predicted octanol–water partition coefficient (Wildman–Crippen LogP) is 3.71. The average molecular weight is 319 g/mol. The molecule has 2 aromatic heterocycles. The molecule has 1 atom stereocenters. The van der Waals surface area contributed by atoms with Crippen LogP contribution < -0.4 is 0 Å². The molecule has 5 nitrogen and oxygen atoms in total. The van der Waals surface area contributed by atoms with E-state index in [0.717, 1.165) is 24.1 Å². The van der Waals surface area contributed by atoms with Gasteiger partial charge in [0, 0.05) is 24.4 Å². The molecule has 3 heterocycles. The summed E-state index contributed by atoms with van der Waals surface area (Å²) in [5.74, 6) is 0.501. The summed E-state index contributed by atoms with van der Waals surface area (Å²) in [5, 5.41) is 3.98. The second-order valence-electron chi connectivity index (χ2n) is 5.85. The minimum absolute atomic E-state index is 0.00979. The minimum Gasteiger partial charge on any atom is -0.355 e. The molecule has 0 bridgehead atoms. The van der Waals surface area contributed by atoms with Gasteiger partial charge in [-0.05, 0) is 25.0 Å². The predicted molar refractivity (Wildman–Crippen MR) is 89.2 cm³/mol. The van der Waals surface area contributed by atoms with Crippen LogP contribution in [0.25, 0.3) is 11.3 Å². The number of benzene rings is 1. The van der Waals surface area contributed by atoms with Crippen LogP contribution in [-0.2, 0) is 0 Å². The minimum atomic E-state index is -0.103. The molecule has 1 aromatic carbocycles. The van der Waals surface area contributed by atoms with Gasteiger partial charge in [0.25, 0.3) is 5.91 Å². The van der Waals surface area contributed by atoms with Crippen molar-refractivity contribution in [2.45, 2.75) is 18.9 Å². The topological polar surface area (TPSA) is 59.2 Å². The third kappa shape index (κ3) is 2.69. The Balaban J connectivity index is 1.58. The molecular formula is C19H17N3O2. The number of carbonyl (C=O) groups is 1. The van der Waals surface area contributed by atoms with Crippen LogP contribution in [-0.4, -0.2) is 27.5 Å².